The smallest absolute Gasteiger partial charge is 0.227 e. The zero-order valence-corrected chi connectivity index (χ0v) is 13.4. The fourth-order valence-electron chi connectivity index (χ4n) is 2.33. The van der Waals surface area contributed by atoms with Crippen molar-refractivity contribution >= 4 is 11.6 Å². The summed E-state index contributed by atoms with van der Waals surface area (Å²) < 4.78 is 10.5. The van der Waals surface area contributed by atoms with Crippen LogP contribution >= 0.6 is 0 Å². The fraction of sp³-hybridized carbons (Fsp3) is 0.278. The second-order valence-corrected chi connectivity index (χ2v) is 5.13. The van der Waals surface area contributed by atoms with Crippen molar-refractivity contribution in [3.63, 3.8) is 0 Å². The molecule has 23 heavy (non-hydrogen) atoms. The van der Waals surface area contributed by atoms with Gasteiger partial charge in [0.15, 0.2) is 0 Å². The van der Waals surface area contributed by atoms with E-state index < -0.39 is 0 Å². The van der Waals surface area contributed by atoms with Gasteiger partial charge in [0.2, 0.25) is 5.91 Å². The van der Waals surface area contributed by atoms with E-state index in [9.17, 15) is 4.79 Å². The van der Waals surface area contributed by atoms with Crippen molar-refractivity contribution in [2.45, 2.75) is 12.5 Å². The first kappa shape index (κ1) is 17.0. The van der Waals surface area contributed by atoms with Crippen molar-refractivity contribution in [3.8, 4) is 16.9 Å². The molecule has 0 aliphatic carbocycles. The van der Waals surface area contributed by atoms with Gasteiger partial charge in [-0.15, -0.1) is 0 Å². The lowest BCUT2D eigenvalue weighted by Gasteiger charge is -2.13. The first-order chi connectivity index (χ1) is 11.2. The van der Waals surface area contributed by atoms with Crippen LogP contribution in [-0.4, -0.2) is 32.8 Å². The van der Waals surface area contributed by atoms with E-state index in [0.29, 0.717) is 6.54 Å². The van der Waals surface area contributed by atoms with Crippen molar-refractivity contribution in [2.75, 3.05) is 26.1 Å². The van der Waals surface area contributed by atoms with E-state index in [1.807, 2.05) is 48.5 Å². The van der Waals surface area contributed by atoms with Crippen LogP contribution in [0, 0.1) is 0 Å². The minimum atomic E-state index is -0.271. The number of amides is 1. The van der Waals surface area contributed by atoms with Crippen LogP contribution < -0.4 is 15.8 Å². The molecule has 2 aromatic carbocycles. The van der Waals surface area contributed by atoms with Gasteiger partial charge in [-0.05, 0) is 23.8 Å². The Morgan fingerprint density at radius 2 is 1.96 bits per heavy atom. The Balaban J connectivity index is 2.15. The number of carbonyl (C=O) groups is 1. The number of anilines is 1. The highest BCUT2D eigenvalue weighted by atomic mass is 16.5. The highest BCUT2D eigenvalue weighted by Crippen LogP contribution is 2.30. The molecule has 0 saturated carbocycles. The Morgan fingerprint density at radius 1 is 1.17 bits per heavy atom. The molecule has 122 valence electrons. The Kier molecular flexibility index (Phi) is 6.14. The third-order valence-electron chi connectivity index (χ3n) is 3.57. The molecule has 0 saturated heterocycles. The van der Waals surface area contributed by atoms with Crippen molar-refractivity contribution in [1.82, 2.24) is 0 Å². The standard InChI is InChI=1S/C18H22N2O3/c1-22-15(12-19)11-18(21)20-14-7-5-6-13(10-14)16-8-3-4-9-17(16)23-2/h3-10,15H,11-12,19H2,1-2H3,(H,20,21). The van der Waals surface area contributed by atoms with E-state index in [1.54, 1.807) is 14.2 Å². The fourth-order valence-corrected chi connectivity index (χ4v) is 2.33. The summed E-state index contributed by atoms with van der Waals surface area (Å²) in [5.74, 6) is 0.665. The third kappa shape index (κ3) is 4.55. The van der Waals surface area contributed by atoms with Crippen molar-refractivity contribution in [2.24, 2.45) is 5.73 Å². The lowest BCUT2D eigenvalue weighted by Crippen LogP contribution is -2.28. The second kappa shape index (κ2) is 8.31. The topological polar surface area (TPSA) is 73.6 Å². The summed E-state index contributed by atoms with van der Waals surface area (Å²) >= 11 is 0. The maximum atomic E-state index is 12.0. The third-order valence-corrected chi connectivity index (χ3v) is 3.57. The van der Waals surface area contributed by atoms with Gasteiger partial charge in [0.1, 0.15) is 5.75 Å². The van der Waals surface area contributed by atoms with Crippen LogP contribution in [0.5, 0.6) is 5.75 Å². The van der Waals surface area contributed by atoms with Gasteiger partial charge in [0.25, 0.3) is 0 Å². The minimum Gasteiger partial charge on any atom is -0.496 e. The number of rotatable bonds is 7. The summed E-state index contributed by atoms with van der Waals surface area (Å²) in [5, 5.41) is 2.87. The van der Waals surface area contributed by atoms with E-state index in [0.717, 1.165) is 22.6 Å². The first-order valence-electron chi connectivity index (χ1n) is 7.44. The van der Waals surface area contributed by atoms with E-state index in [2.05, 4.69) is 5.32 Å². The van der Waals surface area contributed by atoms with Crippen LogP contribution in [0.3, 0.4) is 0 Å². The molecule has 0 aliphatic heterocycles. The van der Waals surface area contributed by atoms with Gasteiger partial charge in [-0.2, -0.15) is 0 Å². The number of nitrogens with two attached hydrogens (primary N) is 1. The molecule has 1 atom stereocenters. The van der Waals surface area contributed by atoms with Crippen LogP contribution in [-0.2, 0) is 9.53 Å². The number of ether oxygens (including phenoxy) is 2. The Labute approximate surface area is 136 Å². The molecular weight excluding hydrogens is 292 g/mol. The molecule has 1 unspecified atom stereocenters. The van der Waals surface area contributed by atoms with Crippen LogP contribution in [0.4, 0.5) is 5.69 Å². The largest absolute Gasteiger partial charge is 0.496 e. The summed E-state index contributed by atoms with van der Waals surface area (Å²) in [6, 6.07) is 15.4. The molecule has 5 heteroatoms. The lowest BCUT2D eigenvalue weighted by atomic mass is 10.0. The summed E-state index contributed by atoms with van der Waals surface area (Å²) in [6.45, 7) is 0.311. The van der Waals surface area contributed by atoms with Gasteiger partial charge in [-0.1, -0.05) is 30.3 Å². The normalized spacial score (nSPS) is 11.8. The number of carbonyl (C=O) groups excluding carboxylic acids is 1. The Hall–Kier alpha value is -2.37. The molecule has 0 spiro atoms. The maximum Gasteiger partial charge on any atom is 0.227 e. The molecular formula is C18H22N2O3. The summed E-state index contributed by atoms with van der Waals surface area (Å²) in [6.07, 6.45) is -0.0429. The van der Waals surface area contributed by atoms with Crippen molar-refractivity contribution in [1.29, 1.82) is 0 Å². The van der Waals surface area contributed by atoms with Crippen LogP contribution in [0.1, 0.15) is 6.42 Å². The highest BCUT2D eigenvalue weighted by Gasteiger charge is 2.12. The number of methoxy groups -OCH3 is 2. The quantitative estimate of drug-likeness (QED) is 0.824. The van der Waals surface area contributed by atoms with Gasteiger partial charge < -0.3 is 20.5 Å². The zero-order chi connectivity index (χ0) is 16.7. The molecule has 0 fully saturated rings. The van der Waals surface area contributed by atoms with Gasteiger partial charge in [0, 0.05) is 24.9 Å². The molecule has 2 rings (SSSR count). The van der Waals surface area contributed by atoms with Gasteiger partial charge >= 0.3 is 0 Å². The number of nitrogens with one attached hydrogen (secondary N) is 1. The predicted molar refractivity (Wildman–Crippen MR) is 91.5 cm³/mol. The van der Waals surface area contributed by atoms with E-state index >= 15 is 0 Å². The molecule has 0 radical (unpaired) electrons. The molecule has 3 N–H and O–H groups in total. The summed E-state index contributed by atoms with van der Waals surface area (Å²) in [5.41, 5.74) is 8.21. The van der Waals surface area contributed by atoms with E-state index in [1.165, 1.54) is 0 Å². The van der Waals surface area contributed by atoms with Crippen LogP contribution in [0.25, 0.3) is 11.1 Å². The van der Waals surface area contributed by atoms with E-state index in [4.69, 9.17) is 15.2 Å². The Bertz CT molecular complexity index is 654. The van der Waals surface area contributed by atoms with Crippen LogP contribution in [0.15, 0.2) is 48.5 Å². The summed E-state index contributed by atoms with van der Waals surface area (Å²) in [7, 11) is 3.19. The molecule has 1 amide bonds. The minimum absolute atomic E-state index is 0.125. The van der Waals surface area contributed by atoms with E-state index in [-0.39, 0.29) is 18.4 Å². The average Bonchev–Trinajstić information content (AvgIpc) is 2.59. The van der Waals surface area contributed by atoms with Crippen molar-refractivity contribution < 1.29 is 14.3 Å². The highest BCUT2D eigenvalue weighted by molar-refractivity contribution is 5.92. The Morgan fingerprint density at radius 3 is 2.65 bits per heavy atom. The first-order valence-corrected chi connectivity index (χ1v) is 7.44. The van der Waals surface area contributed by atoms with Crippen molar-refractivity contribution in [3.05, 3.63) is 48.5 Å². The van der Waals surface area contributed by atoms with Gasteiger partial charge in [-0.3, -0.25) is 4.79 Å². The number of hydrogen-bond acceptors (Lipinski definition) is 4. The molecule has 0 heterocycles. The van der Waals surface area contributed by atoms with Crippen LogP contribution in [0.2, 0.25) is 0 Å². The predicted octanol–water partition coefficient (Wildman–Crippen LogP) is 2.66. The maximum absolute atomic E-state index is 12.0. The second-order valence-electron chi connectivity index (χ2n) is 5.13. The van der Waals surface area contributed by atoms with Gasteiger partial charge in [0.05, 0.1) is 19.6 Å². The van der Waals surface area contributed by atoms with Gasteiger partial charge in [-0.25, -0.2) is 0 Å². The monoisotopic (exact) mass is 314 g/mol. The molecule has 0 bridgehead atoms. The molecule has 2 aromatic rings. The molecule has 0 aliphatic rings. The SMILES string of the molecule is COc1ccccc1-c1cccc(NC(=O)CC(CN)OC)c1. The lowest BCUT2D eigenvalue weighted by molar-refractivity contribution is -0.118. The number of hydrogen-bond donors (Lipinski definition) is 2. The zero-order valence-electron chi connectivity index (χ0n) is 13.4. The number of benzene rings is 2. The molecule has 5 nitrogen and oxygen atoms in total. The summed E-state index contributed by atoms with van der Waals surface area (Å²) in [4.78, 5) is 12.0. The number of para-hydroxylation sites is 1. The molecule has 0 aromatic heterocycles. The average molecular weight is 314 g/mol.